The zero-order valence-corrected chi connectivity index (χ0v) is 27.8. The Morgan fingerprint density at radius 3 is 2.62 bits per heavy atom. The molecule has 0 bridgehead atoms. The Morgan fingerprint density at radius 2 is 1.90 bits per heavy atom. The molecule has 0 spiro atoms. The van der Waals surface area contributed by atoms with E-state index in [-0.39, 0.29) is 22.3 Å². The second kappa shape index (κ2) is 11.1. The molecule has 0 unspecified atom stereocenters. The third-order valence-corrected chi connectivity index (χ3v) is 14.0. The smallest absolute Gasteiger partial charge is 0.272 e. The van der Waals surface area contributed by atoms with Crippen LogP contribution < -0.4 is 5.32 Å². The topological polar surface area (TPSA) is 93.8 Å². The van der Waals surface area contributed by atoms with Gasteiger partial charge in [0.25, 0.3) is 11.8 Å². The number of rotatable bonds is 7. The molecule has 2 amide bonds. The number of amides is 2. The highest BCUT2D eigenvalue weighted by Gasteiger charge is 2.37. The molecule has 9 nitrogen and oxygen atoms in total. The van der Waals surface area contributed by atoms with Gasteiger partial charge in [0.15, 0.2) is 8.32 Å². The highest BCUT2D eigenvalue weighted by molar-refractivity contribution is 7.10. The van der Waals surface area contributed by atoms with Crippen LogP contribution in [0.4, 0.5) is 5.82 Å². The van der Waals surface area contributed by atoms with Gasteiger partial charge in [-0.1, -0.05) is 47.6 Å². The molecule has 5 heterocycles. The maximum atomic E-state index is 13.6. The van der Waals surface area contributed by atoms with Crippen molar-refractivity contribution in [2.24, 2.45) is 0 Å². The van der Waals surface area contributed by atoms with Crippen LogP contribution in [0.2, 0.25) is 18.1 Å². The third-order valence-electron chi connectivity index (χ3n) is 8.48. The number of pyridine rings is 1. The van der Waals surface area contributed by atoms with Gasteiger partial charge in [-0.2, -0.15) is 5.10 Å². The second-order valence-corrected chi connectivity index (χ2v) is 19.3. The van der Waals surface area contributed by atoms with Crippen LogP contribution in [0.1, 0.15) is 78.5 Å². The Balaban J connectivity index is 1.31. The molecular weight excluding hydrogens is 565 g/mol. The molecule has 0 aliphatic carbocycles. The van der Waals surface area contributed by atoms with E-state index >= 15 is 0 Å². The van der Waals surface area contributed by atoms with Gasteiger partial charge >= 0.3 is 0 Å². The summed E-state index contributed by atoms with van der Waals surface area (Å²) < 4.78 is 10.1. The van der Waals surface area contributed by atoms with E-state index in [9.17, 15) is 9.59 Å². The Bertz CT molecular complexity index is 1620. The van der Waals surface area contributed by atoms with Crippen molar-refractivity contribution in [2.75, 3.05) is 18.5 Å². The fraction of sp³-hybridized carbons (Fsp3) is 0.484. The fourth-order valence-electron chi connectivity index (χ4n) is 4.79. The molecule has 0 saturated carbocycles. The quantitative estimate of drug-likeness (QED) is 0.247. The Kier molecular flexibility index (Phi) is 7.97. The van der Waals surface area contributed by atoms with Gasteiger partial charge in [0.05, 0.1) is 37.2 Å². The van der Waals surface area contributed by atoms with Crippen molar-refractivity contribution < 1.29 is 14.0 Å². The summed E-state index contributed by atoms with van der Waals surface area (Å²) in [5.41, 5.74) is 3.73. The summed E-state index contributed by atoms with van der Waals surface area (Å²) >= 11 is 1.53. The van der Waals surface area contributed by atoms with E-state index in [0.717, 1.165) is 21.8 Å². The lowest BCUT2D eigenvalue weighted by Crippen LogP contribution is -2.41. The van der Waals surface area contributed by atoms with Gasteiger partial charge in [-0.05, 0) is 42.2 Å². The average Bonchev–Trinajstić information content (AvgIpc) is 3.64. The molecule has 5 rings (SSSR count). The molecular formula is C31H42N6O3SSi. The van der Waals surface area contributed by atoms with Crippen LogP contribution in [0.3, 0.4) is 0 Å². The van der Waals surface area contributed by atoms with Crippen molar-refractivity contribution >= 4 is 42.9 Å². The van der Waals surface area contributed by atoms with E-state index in [1.807, 2.05) is 49.8 Å². The van der Waals surface area contributed by atoms with Gasteiger partial charge in [0.2, 0.25) is 0 Å². The SMILES string of the molecule is CC(C)(C)c1cc(NC(=O)c2csc3c2CCN(C(=O)c2cnc4ccccn24)C3)n(CCO[Si](C)(C)C(C)(C)C)n1. The molecule has 4 aromatic rings. The molecule has 1 aliphatic rings. The maximum absolute atomic E-state index is 13.6. The molecule has 224 valence electrons. The van der Waals surface area contributed by atoms with E-state index in [2.05, 4.69) is 64.9 Å². The molecule has 0 saturated heterocycles. The Morgan fingerprint density at radius 1 is 1.14 bits per heavy atom. The minimum atomic E-state index is -1.90. The monoisotopic (exact) mass is 606 g/mol. The van der Waals surface area contributed by atoms with Crippen LogP contribution in [0.5, 0.6) is 0 Å². The molecule has 42 heavy (non-hydrogen) atoms. The van der Waals surface area contributed by atoms with Gasteiger partial charge in [-0.25, -0.2) is 9.67 Å². The van der Waals surface area contributed by atoms with Crippen LogP contribution in [-0.2, 0) is 29.4 Å². The number of imidazole rings is 1. The van der Waals surface area contributed by atoms with Crippen LogP contribution >= 0.6 is 11.3 Å². The number of anilines is 1. The summed E-state index contributed by atoms with van der Waals surface area (Å²) in [5, 5.41) is 10.0. The van der Waals surface area contributed by atoms with Crippen molar-refractivity contribution in [3.8, 4) is 0 Å². The molecule has 0 fully saturated rings. The first-order valence-electron chi connectivity index (χ1n) is 14.5. The summed E-state index contributed by atoms with van der Waals surface area (Å²) in [5.74, 6) is 0.460. The zero-order valence-electron chi connectivity index (χ0n) is 25.9. The minimum Gasteiger partial charge on any atom is -0.415 e. The van der Waals surface area contributed by atoms with E-state index in [1.165, 1.54) is 11.3 Å². The van der Waals surface area contributed by atoms with Crippen molar-refractivity contribution in [1.82, 2.24) is 24.1 Å². The largest absolute Gasteiger partial charge is 0.415 e. The number of aromatic nitrogens is 4. The van der Waals surface area contributed by atoms with Crippen molar-refractivity contribution in [1.29, 1.82) is 0 Å². The number of hydrogen-bond donors (Lipinski definition) is 1. The second-order valence-electron chi connectivity index (χ2n) is 13.6. The van der Waals surface area contributed by atoms with Crippen molar-refractivity contribution in [3.63, 3.8) is 0 Å². The van der Waals surface area contributed by atoms with Crippen molar-refractivity contribution in [3.05, 3.63) is 69.4 Å². The van der Waals surface area contributed by atoms with Crippen LogP contribution in [0.15, 0.2) is 42.0 Å². The minimum absolute atomic E-state index is 0.0581. The van der Waals surface area contributed by atoms with E-state index in [1.54, 1.807) is 6.20 Å². The number of nitrogens with zero attached hydrogens (tertiary/aromatic N) is 5. The maximum Gasteiger partial charge on any atom is 0.272 e. The molecule has 1 N–H and O–H groups in total. The first-order valence-corrected chi connectivity index (χ1v) is 18.3. The van der Waals surface area contributed by atoms with Gasteiger partial charge in [-0.15, -0.1) is 11.3 Å². The molecule has 4 aromatic heterocycles. The first kappa shape index (κ1) is 30.2. The highest BCUT2D eigenvalue weighted by atomic mass is 32.1. The van der Waals surface area contributed by atoms with Gasteiger partial charge in [0.1, 0.15) is 17.2 Å². The predicted molar refractivity (Wildman–Crippen MR) is 170 cm³/mol. The summed E-state index contributed by atoms with van der Waals surface area (Å²) in [7, 11) is -1.90. The number of carbonyl (C=O) groups is 2. The average molecular weight is 607 g/mol. The summed E-state index contributed by atoms with van der Waals surface area (Å²) in [6.07, 6.45) is 4.11. The van der Waals surface area contributed by atoms with E-state index < -0.39 is 8.32 Å². The lowest BCUT2D eigenvalue weighted by Gasteiger charge is -2.36. The summed E-state index contributed by atoms with van der Waals surface area (Å²) in [6.45, 7) is 19.6. The Hall–Kier alpha value is -3.28. The molecule has 1 aliphatic heterocycles. The lowest BCUT2D eigenvalue weighted by atomic mass is 9.92. The number of thiophene rings is 1. The number of nitrogens with one attached hydrogen (secondary N) is 1. The first-order chi connectivity index (χ1) is 19.7. The van der Waals surface area contributed by atoms with Crippen LogP contribution in [0, 0.1) is 0 Å². The fourth-order valence-corrected chi connectivity index (χ4v) is 6.92. The number of carbonyl (C=O) groups excluding carboxylic acids is 2. The van der Waals surface area contributed by atoms with Gasteiger partial charge in [0, 0.05) is 34.5 Å². The molecule has 0 atom stereocenters. The van der Waals surface area contributed by atoms with Gasteiger partial charge < -0.3 is 14.6 Å². The predicted octanol–water partition coefficient (Wildman–Crippen LogP) is 6.36. The van der Waals surface area contributed by atoms with E-state index in [4.69, 9.17) is 9.52 Å². The summed E-state index contributed by atoms with van der Waals surface area (Å²) in [6, 6.07) is 7.65. The summed E-state index contributed by atoms with van der Waals surface area (Å²) in [4.78, 5) is 34.2. The lowest BCUT2D eigenvalue weighted by molar-refractivity contribution is 0.0730. The molecule has 0 aromatic carbocycles. The standard InChI is InChI=1S/C31H42N6O3SSi/c1-30(2,3)25-17-27(37(34-25)15-16-40-42(7,8)31(4,5)6)33-28(38)22-20-41-24-19-35(14-12-21(22)24)29(39)23-18-32-26-11-9-10-13-36(23)26/h9-11,13,17-18,20H,12,14-16,19H2,1-8H3,(H,33,38). The Labute approximate surface area is 253 Å². The zero-order chi connectivity index (χ0) is 30.4. The number of hydrogen-bond acceptors (Lipinski definition) is 6. The van der Waals surface area contributed by atoms with Gasteiger partial charge in [-0.3, -0.25) is 14.0 Å². The third kappa shape index (κ3) is 5.95. The van der Waals surface area contributed by atoms with E-state index in [0.29, 0.717) is 49.7 Å². The number of fused-ring (bicyclic) bond motifs is 2. The van der Waals surface area contributed by atoms with Crippen molar-refractivity contribution in [2.45, 2.75) is 84.6 Å². The van der Waals surface area contributed by atoms with Crippen LogP contribution in [-0.4, -0.2) is 57.3 Å². The van der Waals surface area contributed by atoms with Crippen LogP contribution in [0.25, 0.3) is 5.65 Å². The normalized spacial score (nSPS) is 14.3. The highest BCUT2D eigenvalue weighted by Crippen LogP contribution is 2.36. The molecule has 11 heteroatoms. The molecule has 0 radical (unpaired) electrons.